The average molecular weight is 577 g/mol. The number of allylic oxidation sites excluding steroid dienone is 1. The Morgan fingerprint density at radius 3 is 2.60 bits per heavy atom. The van der Waals surface area contributed by atoms with E-state index in [-0.39, 0.29) is 12.2 Å². The molecule has 2 aliphatic rings. The minimum Gasteiger partial charge on any atom is -0.456 e. The molecule has 3 aromatic rings. The number of nitriles is 1. The Bertz CT molecular complexity index is 1470. The van der Waals surface area contributed by atoms with E-state index in [1.165, 1.54) is 0 Å². The van der Waals surface area contributed by atoms with Crippen molar-refractivity contribution in [2.45, 2.75) is 31.3 Å². The van der Waals surface area contributed by atoms with E-state index >= 15 is 0 Å². The molecule has 2 fully saturated rings. The van der Waals surface area contributed by atoms with Crippen LogP contribution >= 0.6 is 0 Å². The third-order valence-corrected chi connectivity index (χ3v) is 7.80. The van der Waals surface area contributed by atoms with Gasteiger partial charge in [-0.2, -0.15) is 5.26 Å². The number of rotatable bonds is 9. The number of carbonyl (C=O) groups is 1. The Balaban J connectivity index is 1.25. The maximum atomic E-state index is 12.9. The maximum Gasteiger partial charge on any atom is 0.262 e. The van der Waals surface area contributed by atoms with E-state index in [0.29, 0.717) is 17.1 Å². The van der Waals surface area contributed by atoms with Crippen LogP contribution in [0.25, 0.3) is 27.7 Å². The summed E-state index contributed by atoms with van der Waals surface area (Å²) < 4.78 is 16.8. The molecular formula is C31H36N4O7. The van der Waals surface area contributed by atoms with Crippen molar-refractivity contribution >= 4 is 27.9 Å². The molecule has 0 spiro atoms. The highest BCUT2D eigenvalue weighted by Crippen LogP contribution is 2.30. The number of nitrogens with zero attached hydrogens (tertiary/aromatic N) is 2. The fourth-order valence-corrected chi connectivity index (χ4v) is 5.23. The minimum atomic E-state index is -1.37. The quantitative estimate of drug-likeness (QED) is 0.188. The van der Waals surface area contributed by atoms with E-state index in [1.807, 2.05) is 24.3 Å². The highest BCUT2D eigenvalue weighted by molar-refractivity contribution is 6.04. The lowest BCUT2D eigenvalue weighted by Gasteiger charge is -2.37. The van der Waals surface area contributed by atoms with Gasteiger partial charge in [-0.3, -0.25) is 9.69 Å². The molecule has 2 aromatic carbocycles. The van der Waals surface area contributed by atoms with E-state index in [4.69, 9.17) is 13.9 Å². The smallest absolute Gasteiger partial charge is 0.262 e. The van der Waals surface area contributed by atoms with Crippen LogP contribution in [0.4, 0.5) is 5.69 Å². The zero-order chi connectivity index (χ0) is 29.6. The first kappa shape index (κ1) is 29.7. The molecule has 11 nitrogen and oxygen atoms in total. The van der Waals surface area contributed by atoms with Gasteiger partial charge in [-0.25, -0.2) is 0 Å². The van der Waals surface area contributed by atoms with Crippen LogP contribution in [-0.2, 0) is 14.3 Å². The van der Waals surface area contributed by atoms with Gasteiger partial charge in [0.25, 0.3) is 5.91 Å². The molecule has 4 atom stereocenters. The number of aliphatic hydroxyl groups excluding tert-OH is 3. The van der Waals surface area contributed by atoms with E-state index in [1.54, 1.807) is 19.1 Å². The fourth-order valence-electron chi connectivity index (χ4n) is 5.23. The van der Waals surface area contributed by atoms with Crippen molar-refractivity contribution in [1.82, 2.24) is 10.2 Å². The van der Waals surface area contributed by atoms with Crippen molar-refractivity contribution in [2.75, 3.05) is 57.9 Å². The zero-order valence-electron chi connectivity index (χ0n) is 23.5. The molecule has 4 unspecified atom stereocenters. The molecule has 222 valence electrons. The van der Waals surface area contributed by atoms with Crippen LogP contribution in [0.1, 0.15) is 12.7 Å². The summed E-state index contributed by atoms with van der Waals surface area (Å²) in [5, 5.41) is 47.6. The summed E-state index contributed by atoms with van der Waals surface area (Å²) >= 11 is 0. The molecular weight excluding hydrogens is 540 g/mol. The van der Waals surface area contributed by atoms with Crippen LogP contribution in [0.15, 0.2) is 58.5 Å². The molecule has 11 heteroatoms. The number of ether oxygens (including phenoxy) is 2. The number of hydrogen-bond acceptors (Lipinski definition) is 10. The monoisotopic (exact) mass is 576 g/mol. The number of morpholine rings is 1. The van der Waals surface area contributed by atoms with Gasteiger partial charge in [-0.05, 0) is 48.0 Å². The number of fused-ring (bicyclic) bond motifs is 1. The Labute approximate surface area is 243 Å². The van der Waals surface area contributed by atoms with E-state index in [0.717, 1.165) is 61.4 Å². The van der Waals surface area contributed by atoms with Gasteiger partial charge in [0, 0.05) is 43.0 Å². The summed E-state index contributed by atoms with van der Waals surface area (Å²) in [6.45, 7) is 6.37. The van der Waals surface area contributed by atoms with Crippen LogP contribution in [-0.4, -0.2) is 103 Å². The summed E-state index contributed by atoms with van der Waals surface area (Å²) in [4.78, 5) is 15.3. The van der Waals surface area contributed by atoms with Crippen LogP contribution < -0.4 is 10.6 Å². The number of benzene rings is 2. The molecule has 5 N–H and O–H groups in total. The maximum absolute atomic E-state index is 12.9. The Kier molecular flexibility index (Phi) is 9.54. The Hall–Kier alpha value is -3.76. The topological polar surface area (TPSA) is 160 Å². The number of amides is 1. The molecule has 2 aliphatic heterocycles. The molecule has 42 heavy (non-hydrogen) atoms. The molecule has 0 radical (unpaired) electrons. The second-order valence-electron chi connectivity index (χ2n) is 10.5. The molecule has 0 saturated carbocycles. The van der Waals surface area contributed by atoms with Gasteiger partial charge in [0.1, 0.15) is 41.5 Å². The summed E-state index contributed by atoms with van der Waals surface area (Å²) in [6, 6.07) is 16.7. The van der Waals surface area contributed by atoms with Crippen molar-refractivity contribution in [3.05, 3.63) is 59.9 Å². The second kappa shape index (κ2) is 13.5. The van der Waals surface area contributed by atoms with Crippen molar-refractivity contribution < 1.29 is 34.0 Å². The van der Waals surface area contributed by atoms with E-state index in [9.17, 15) is 25.4 Å². The predicted molar refractivity (Wildman–Crippen MR) is 156 cm³/mol. The Morgan fingerprint density at radius 1 is 1.07 bits per heavy atom. The van der Waals surface area contributed by atoms with Gasteiger partial charge in [0.15, 0.2) is 0 Å². The second-order valence-corrected chi connectivity index (χ2v) is 10.5. The predicted octanol–water partition coefficient (Wildman–Crippen LogP) is 1.74. The molecule has 3 heterocycles. The first-order valence-electron chi connectivity index (χ1n) is 14.1. The van der Waals surface area contributed by atoms with Crippen LogP contribution in [0, 0.1) is 11.3 Å². The minimum absolute atomic E-state index is 0.119. The van der Waals surface area contributed by atoms with Gasteiger partial charge in [0.2, 0.25) is 0 Å². The standard InChI is InChI=1S/C31H36N4O7/c1-19(24(16-32)31(39)34-25-18-41-28(17-36)30(38)29(25)37)26-6-7-27(42-26)22-3-2-21-15-23(5-4-20(21)14-22)33-8-9-35-10-12-40-13-11-35/h2-7,14-15,25,28-30,33,36-38H,8-13,17-18H2,1H3,(H,34,39). The largest absolute Gasteiger partial charge is 0.456 e. The molecule has 1 aromatic heterocycles. The van der Waals surface area contributed by atoms with Gasteiger partial charge in [0.05, 0.1) is 32.5 Å². The zero-order valence-corrected chi connectivity index (χ0v) is 23.5. The highest BCUT2D eigenvalue weighted by atomic mass is 16.5. The molecule has 1 amide bonds. The lowest BCUT2D eigenvalue weighted by molar-refractivity contribution is -0.163. The van der Waals surface area contributed by atoms with Crippen molar-refractivity contribution in [2.24, 2.45) is 0 Å². The van der Waals surface area contributed by atoms with Gasteiger partial charge in [-0.1, -0.05) is 18.2 Å². The molecule has 2 saturated heterocycles. The lowest BCUT2D eigenvalue weighted by Crippen LogP contribution is -2.60. The number of anilines is 1. The molecule has 0 bridgehead atoms. The first-order valence-corrected chi connectivity index (χ1v) is 14.1. The van der Waals surface area contributed by atoms with Crippen LogP contribution in [0.2, 0.25) is 0 Å². The number of carbonyl (C=O) groups excluding carboxylic acids is 1. The van der Waals surface area contributed by atoms with Crippen LogP contribution in [0.3, 0.4) is 0 Å². The fraction of sp³-hybridized carbons (Fsp3) is 0.419. The average Bonchev–Trinajstić information content (AvgIpc) is 3.51. The summed E-state index contributed by atoms with van der Waals surface area (Å²) in [7, 11) is 0. The number of hydrogen-bond donors (Lipinski definition) is 5. The number of nitrogens with one attached hydrogen (secondary N) is 2. The van der Waals surface area contributed by atoms with Gasteiger partial charge in [-0.15, -0.1) is 0 Å². The number of furan rings is 1. The normalized spacial score (nSPS) is 23.7. The first-order chi connectivity index (χ1) is 20.4. The van der Waals surface area contributed by atoms with Gasteiger partial charge >= 0.3 is 0 Å². The number of aliphatic hydroxyl groups is 3. The Morgan fingerprint density at radius 2 is 1.83 bits per heavy atom. The highest BCUT2D eigenvalue weighted by Gasteiger charge is 2.39. The third kappa shape index (κ3) is 6.65. The summed E-state index contributed by atoms with van der Waals surface area (Å²) in [5.41, 5.74) is 2.05. The molecule has 0 aliphatic carbocycles. The summed E-state index contributed by atoms with van der Waals surface area (Å²) in [5.74, 6) is 0.221. The van der Waals surface area contributed by atoms with Crippen molar-refractivity contribution in [3.8, 4) is 17.4 Å². The van der Waals surface area contributed by atoms with Crippen LogP contribution in [0.5, 0.6) is 0 Å². The van der Waals surface area contributed by atoms with E-state index < -0.39 is 36.9 Å². The lowest BCUT2D eigenvalue weighted by atomic mass is 9.97. The third-order valence-electron chi connectivity index (χ3n) is 7.80. The van der Waals surface area contributed by atoms with Crippen molar-refractivity contribution in [1.29, 1.82) is 5.26 Å². The SMILES string of the molecule is CC(=C(C#N)C(=O)NC1COC(CO)C(O)C1O)c1ccc(-c2ccc3cc(NCCN4CCOCC4)ccc3c2)o1. The molecule has 5 rings (SSSR count). The summed E-state index contributed by atoms with van der Waals surface area (Å²) in [6.07, 6.45) is -3.67. The van der Waals surface area contributed by atoms with Crippen molar-refractivity contribution in [3.63, 3.8) is 0 Å². The van der Waals surface area contributed by atoms with Gasteiger partial charge < -0.3 is 39.8 Å². The van der Waals surface area contributed by atoms with E-state index in [2.05, 4.69) is 33.7 Å².